The Bertz CT molecular complexity index is 818. The van der Waals surface area contributed by atoms with Crippen LogP contribution >= 0.6 is 0 Å². The third-order valence-electron chi connectivity index (χ3n) is 3.14. The minimum Gasteiger partial charge on any atom is -0.467 e. The quantitative estimate of drug-likeness (QED) is 0.364. The lowest BCUT2D eigenvalue weighted by Gasteiger charge is -2.08. The van der Waals surface area contributed by atoms with E-state index < -0.39 is 5.84 Å². The molecule has 1 aromatic carbocycles. The minimum atomic E-state index is -0.420. The second kappa shape index (κ2) is 7.60. The number of carbonyl (C=O) groups excluding carboxylic acids is 1. The standard InChI is InChI=1S/C16H16N6O2/c1-10-7-11(16(23)20-9-12-3-2-6-24-12)4-5-13(10)21-22-14(8-17)15(18)19/h2-7,21H,9H2,1H3,(H3,18,19)(H,20,23)/b22-14+. The zero-order chi connectivity index (χ0) is 17.5. The molecule has 0 aliphatic carbocycles. The Balaban J connectivity index is 2.05. The maximum absolute atomic E-state index is 12.1. The number of hydrazone groups is 1. The fourth-order valence-electron chi connectivity index (χ4n) is 1.87. The smallest absolute Gasteiger partial charge is 0.251 e. The first kappa shape index (κ1) is 16.8. The third-order valence-corrected chi connectivity index (χ3v) is 3.14. The SMILES string of the molecule is Cc1cc(C(=O)NCc2ccco2)ccc1N/N=C(\C#N)C(=N)N. The summed E-state index contributed by atoms with van der Waals surface area (Å²) in [5.74, 6) is 0.0172. The molecule has 1 aromatic heterocycles. The summed E-state index contributed by atoms with van der Waals surface area (Å²) in [6, 6.07) is 10.2. The van der Waals surface area contributed by atoms with E-state index in [0.29, 0.717) is 23.6 Å². The first-order chi connectivity index (χ1) is 11.5. The molecule has 5 N–H and O–H groups in total. The van der Waals surface area contributed by atoms with Crippen LogP contribution in [0.1, 0.15) is 21.7 Å². The van der Waals surface area contributed by atoms with Gasteiger partial charge in [0.1, 0.15) is 11.8 Å². The fourth-order valence-corrected chi connectivity index (χ4v) is 1.87. The largest absolute Gasteiger partial charge is 0.467 e. The van der Waals surface area contributed by atoms with Crippen molar-refractivity contribution in [1.29, 1.82) is 10.7 Å². The minimum absolute atomic E-state index is 0.213. The number of aryl methyl sites for hydroxylation is 1. The molecule has 0 atom stereocenters. The molecule has 0 spiro atoms. The molecule has 0 fully saturated rings. The van der Waals surface area contributed by atoms with Gasteiger partial charge in [-0.25, -0.2) is 0 Å². The molecular formula is C16H16N6O2. The lowest BCUT2D eigenvalue weighted by molar-refractivity contribution is 0.0948. The molecular weight excluding hydrogens is 308 g/mol. The fraction of sp³-hybridized carbons (Fsp3) is 0.125. The van der Waals surface area contributed by atoms with Crippen LogP contribution in [0.2, 0.25) is 0 Å². The first-order valence-electron chi connectivity index (χ1n) is 7.00. The number of anilines is 1. The van der Waals surface area contributed by atoms with Gasteiger partial charge in [0.05, 0.1) is 18.5 Å². The summed E-state index contributed by atoms with van der Waals surface area (Å²) in [6.45, 7) is 2.10. The Morgan fingerprint density at radius 1 is 1.46 bits per heavy atom. The van der Waals surface area contributed by atoms with Gasteiger partial charge in [-0.15, -0.1) is 0 Å². The first-order valence-corrected chi connectivity index (χ1v) is 7.00. The summed E-state index contributed by atoms with van der Waals surface area (Å²) in [6.07, 6.45) is 1.54. The number of nitrogens with zero attached hydrogens (tertiary/aromatic N) is 2. The van der Waals surface area contributed by atoms with Crippen molar-refractivity contribution in [3.05, 3.63) is 53.5 Å². The van der Waals surface area contributed by atoms with E-state index in [2.05, 4.69) is 15.8 Å². The van der Waals surface area contributed by atoms with Crippen LogP contribution < -0.4 is 16.5 Å². The topological polar surface area (TPSA) is 140 Å². The Hall–Kier alpha value is -3.60. The van der Waals surface area contributed by atoms with Crippen molar-refractivity contribution in [3.63, 3.8) is 0 Å². The van der Waals surface area contributed by atoms with E-state index in [1.165, 1.54) is 0 Å². The van der Waals surface area contributed by atoms with E-state index in [1.807, 2.05) is 0 Å². The average molecular weight is 324 g/mol. The monoisotopic (exact) mass is 324 g/mol. The van der Waals surface area contributed by atoms with Gasteiger partial charge in [0.15, 0.2) is 5.84 Å². The third kappa shape index (κ3) is 4.20. The number of amidine groups is 1. The van der Waals surface area contributed by atoms with Gasteiger partial charge in [-0.3, -0.25) is 15.6 Å². The highest BCUT2D eigenvalue weighted by atomic mass is 16.3. The van der Waals surface area contributed by atoms with Gasteiger partial charge in [-0.05, 0) is 42.8 Å². The molecule has 0 saturated heterocycles. The molecule has 2 aromatic rings. The molecule has 0 radical (unpaired) electrons. The van der Waals surface area contributed by atoms with Crippen LogP contribution in [0.5, 0.6) is 0 Å². The molecule has 0 bridgehead atoms. The number of nitrogens with two attached hydrogens (primary N) is 1. The normalized spacial score (nSPS) is 10.8. The summed E-state index contributed by atoms with van der Waals surface area (Å²) in [4.78, 5) is 12.1. The number of nitrogens with one attached hydrogen (secondary N) is 3. The van der Waals surface area contributed by atoms with Crippen molar-refractivity contribution in [2.75, 3.05) is 5.43 Å². The Kier molecular flexibility index (Phi) is 5.31. The van der Waals surface area contributed by atoms with E-state index in [4.69, 9.17) is 20.8 Å². The number of furan rings is 1. The molecule has 1 amide bonds. The summed E-state index contributed by atoms with van der Waals surface area (Å²) in [5.41, 5.74) is 9.51. The number of benzene rings is 1. The molecule has 122 valence electrons. The Morgan fingerprint density at radius 2 is 2.25 bits per heavy atom. The Labute approximate surface area is 138 Å². The molecule has 1 heterocycles. The maximum Gasteiger partial charge on any atom is 0.251 e. The van der Waals surface area contributed by atoms with Crippen molar-refractivity contribution in [2.45, 2.75) is 13.5 Å². The van der Waals surface area contributed by atoms with Crippen molar-refractivity contribution in [1.82, 2.24) is 5.32 Å². The number of nitriles is 1. The number of hydrogen-bond donors (Lipinski definition) is 4. The van der Waals surface area contributed by atoms with Crippen LogP contribution in [-0.2, 0) is 6.54 Å². The summed E-state index contributed by atoms with van der Waals surface area (Å²) < 4.78 is 5.15. The van der Waals surface area contributed by atoms with Gasteiger partial charge in [0.25, 0.3) is 5.91 Å². The number of rotatable bonds is 6. The number of amides is 1. The van der Waals surface area contributed by atoms with Gasteiger partial charge in [-0.1, -0.05) is 0 Å². The maximum atomic E-state index is 12.1. The molecule has 0 aliphatic rings. The van der Waals surface area contributed by atoms with Crippen LogP contribution in [0.25, 0.3) is 0 Å². The molecule has 0 unspecified atom stereocenters. The number of hydrogen-bond acceptors (Lipinski definition) is 6. The summed E-state index contributed by atoms with van der Waals surface area (Å²) >= 11 is 0. The predicted octanol–water partition coefficient (Wildman–Crippen LogP) is 1.75. The number of carbonyl (C=O) groups is 1. The zero-order valence-corrected chi connectivity index (χ0v) is 13.0. The van der Waals surface area contributed by atoms with Gasteiger partial charge < -0.3 is 15.5 Å². The molecule has 24 heavy (non-hydrogen) atoms. The van der Waals surface area contributed by atoms with Crippen LogP contribution in [-0.4, -0.2) is 17.5 Å². The van der Waals surface area contributed by atoms with E-state index in [1.54, 1.807) is 49.6 Å². The molecule has 0 saturated carbocycles. The Morgan fingerprint density at radius 3 is 2.83 bits per heavy atom. The van der Waals surface area contributed by atoms with E-state index in [-0.39, 0.29) is 11.6 Å². The van der Waals surface area contributed by atoms with E-state index in [9.17, 15) is 4.79 Å². The van der Waals surface area contributed by atoms with Crippen LogP contribution in [0.4, 0.5) is 5.69 Å². The average Bonchev–Trinajstić information content (AvgIpc) is 3.07. The van der Waals surface area contributed by atoms with Crippen LogP contribution in [0.3, 0.4) is 0 Å². The molecule has 0 aliphatic heterocycles. The lowest BCUT2D eigenvalue weighted by atomic mass is 10.1. The second-order valence-electron chi connectivity index (χ2n) is 4.89. The van der Waals surface area contributed by atoms with Crippen LogP contribution in [0.15, 0.2) is 46.1 Å². The van der Waals surface area contributed by atoms with Gasteiger partial charge in [-0.2, -0.15) is 10.4 Å². The van der Waals surface area contributed by atoms with Crippen molar-refractivity contribution >= 4 is 23.1 Å². The van der Waals surface area contributed by atoms with Gasteiger partial charge >= 0.3 is 0 Å². The second-order valence-corrected chi connectivity index (χ2v) is 4.89. The van der Waals surface area contributed by atoms with Crippen molar-refractivity contribution in [2.24, 2.45) is 10.8 Å². The summed E-state index contributed by atoms with van der Waals surface area (Å²) in [5, 5.41) is 22.5. The van der Waals surface area contributed by atoms with E-state index in [0.717, 1.165) is 5.56 Å². The highest BCUT2D eigenvalue weighted by Crippen LogP contribution is 2.16. The van der Waals surface area contributed by atoms with Crippen LogP contribution in [0, 0.1) is 23.7 Å². The molecule has 8 heteroatoms. The predicted molar refractivity (Wildman–Crippen MR) is 89.6 cm³/mol. The highest BCUT2D eigenvalue weighted by Gasteiger charge is 2.09. The van der Waals surface area contributed by atoms with Gasteiger partial charge in [0.2, 0.25) is 5.71 Å². The van der Waals surface area contributed by atoms with Gasteiger partial charge in [0, 0.05) is 5.56 Å². The van der Waals surface area contributed by atoms with Crippen molar-refractivity contribution in [3.8, 4) is 6.07 Å². The molecule has 2 rings (SSSR count). The molecule has 8 nitrogen and oxygen atoms in total. The zero-order valence-electron chi connectivity index (χ0n) is 13.0. The highest BCUT2D eigenvalue weighted by molar-refractivity contribution is 6.45. The van der Waals surface area contributed by atoms with E-state index >= 15 is 0 Å². The lowest BCUT2D eigenvalue weighted by Crippen LogP contribution is -2.23. The summed E-state index contributed by atoms with van der Waals surface area (Å²) in [7, 11) is 0. The van der Waals surface area contributed by atoms with Crippen molar-refractivity contribution < 1.29 is 9.21 Å².